The van der Waals surface area contributed by atoms with Crippen LogP contribution in [0.3, 0.4) is 0 Å². The second-order valence-electron chi connectivity index (χ2n) is 6.60. The van der Waals surface area contributed by atoms with E-state index in [9.17, 15) is 28.8 Å². The van der Waals surface area contributed by atoms with Gasteiger partial charge in [0.05, 0.1) is 6.67 Å². The standard InChI is InChI=1S/C17H22N2O6Si2/c20-26(21,22)16-5-1-14(2-6-16)11-18-9-10-19(13-18)12-15-3-7-17(8-4-15)27(23,24)25/h1-10,20-25H,11-13H2. The number of hydrogen-bond donors (Lipinski definition) is 6. The fourth-order valence-electron chi connectivity index (χ4n) is 2.86. The maximum atomic E-state index is 9.28. The van der Waals surface area contributed by atoms with Gasteiger partial charge in [-0.2, -0.15) is 0 Å². The lowest BCUT2D eigenvalue weighted by Gasteiger charge is -2.22. The molecule has 0 unspecified atom stereocenters. The highest BCUT2D eigenvalue weighted by Crippen LogP contribution is 2.14. The highest BCUT2D eigenvalue weighted by Gasteiger charge is 2.30. The smallest absolute Gasteiger partial charge is 0.386 e. The fourth-order valence-corrected chi connectivity index (χ4v) is 4.09. The number of benzene rings is 2. The van der Waals surface area contributed by atoms with Crippen molar-refractivity contribution in [3.8, 4) is 0 Å². The predicted molar refractivity (Wildman–Crippen MR) is 102 cm³/mol. The molecule has 144 valence electrons. The molecular weight excluding hydrogens is 384 g/mol. The summed E-state index contributed by atoms with van der Waals surface area (Å²) in [5.41, 5.74) is 1.95. The van der Waals surface area contributed by atoms with Crippen molar-refractivity contribution in [2.45, 2.75) is 13.1 Å². The zero-order valence-corrected chi connectivity index (χ0v) is 16.5. The third kappa shape index (κ3) is 5.25. The van der Waals surface area contributed by atoms with E-state index in [-0.39, 0.29) is 10.4 Å². The minimum absolute atomic E-state index is 0.147. The van der Waals surface area contributed by atoms with Crippen molar-refractivity contribution in [3.63, 3.8) is 0 Å². The monoisotopic (exact) mass is 406 g/mol. The van der Waals surface area contributed by atoms with E-state index in [1.54, 1.807) is 24.3 Å². The van der Waals surface area contributed by atoms with Crippen LogP contribution in [0.15, 0.2) is 60.9 Å². The van der Waals surface area contributed by atoms with Crippen molar-refractivity contribution in [2.24, 2.45) is 0 Å². The van der Waals surface area contributed by atoms with Gasteiger partial charge in [0.2, 0.25) is 0 Å². The molecule has 2 aromatic carbocycles. The predicted octanol–water partition coefficient (Wildman–Crippen LogP) is -2.32. The maximum absolute atomic E-state index is 9.28. The molecule has 0 radical (unpaired) electrons. The molecule has 0 saturated heterocycles. The summed E-state index contributed by atoms with van der Waals surface area (Å²) in [5, 5.41) is 0.294. The van der Waals surface area contributed by atoms with Gasteiger partial charge in [-0.25, -0.2) is 0 Å². The molecule has 0 fully saturated rings. The molecule has 0 aromatic heterocycles. The molecular formula is C17H22N2O6Si2. The molecule has 27 heavy (non-hydrogen) atoms. The maximum Gasteiger partial charge on any atom is 0.528 e. The molecule has 8 nitrogen and oxygen atoms in total. The molecule has 0 saturated carbocycles. The lowest BCUT2D eigenvalue weighted by molar-refractivity contribution is 0.248. The zero-order chi connectivity index (χ0) is 19.7. The molecule has 2 aromatic rings. The van der Waals surface area contributed by atoms with Gasteiger partial charge < -0.3 is 38.6 Å². The van der Waals surface area contributed by atoms with Gasteiger partial charge in [-0.05, 0) is 11.1 Å². The van der Waals surface area contributed by atoms with Gasteiger partial charge in [0.15, 0.2) is 0 Å². The topological polar surface area (TPSA) is 128 Å². The summed E-state index contributed by atoms with van der Waals surface area (Å²) >= 11 is 0. The molecule has 10 heteroatoms. The number of hydrogen-bond acceptors (Lipinski definition) is 8. The van der Waals surface area contributed by atoms with Gasteiger partial charge in [0.1, 0.15) is 0 Å². The zero-order valence-electron chi connectivity index (χ0n) is 14.5. The summed E-state index contributed by atoms with van der Waals surface area (Å²) < 4.78 is 0. The van der Waals surface area contributed by atoms with Crippen LogP contribution in [0.5, 0.6) is 0 Å². The summed E-state index contributed by atoms with van der Waals surface area (Å²) in [6, 6.07) is 13.1. The van der Waals surface area contributed by atoms with E-state index in [1.807, 2.05) is 12.4 Å². The quantitative estimate of drug-likeness (QED) is 0.295. The van der Waals surface area contributed by atoms with E-state index >= 15 is 0 Å². The van der Waals surface area contributed by atoms with Crippen LogP contribution in [-0.2, 0) is 13.1 Å². The van der Waals surface area contributed by atoms with Gasteiger partial charge in [-0.3, -0.25) is 0 Å². The molecule has 1 aliphatic rings. The van der Waals surface area contributed by atoms with E-state index in [4.69, 9.17) is 0 Å². The largest absolute Gasteiger partial charge is 0.528 e. The van der Waals surface area contributed by atoms with Crippen LogP contribution in [0.25, 0.3) is 0 Å². The lowest BCUT2D eigenvalue weighted by Crippen LogP contribution is -2.48. The van der Waals surface area contributed by atoms with Crippen molar-refractivity contribution in [3.05, 3.63) is 72.1 Å². The van der Waals surface area contributed by atoms with Crippen LogP contribution in [0, 0.1) is 0 Å². The van der Waals surface area contributed by atoms with Gasteiger partial charge in [-0.15, -0.1) is 0 Å². The minimum atomic E-state index is -4.25. The van der Waals surface area contributed by atoms with Crippen LogP contribution in [0.2, 0.25) is 0 Å². The van der Waals surface area contributed by atoms with E-state index in [0.717, 1.165) is 11.1 Å². The summed E-state index contributed by atoms with van der Waals surface area (Å²) in [6.45, 7) is 1.94. The SMILES string of the molecule is O[Si](O)(O)c1ccc(CN2C=CN(Cc3ccc([Si](O)(O)O)cc3)C2)cc1. The second-order valence-corrected chi connectivity index (χ2v) is 10.3. The molecule has 3 rings (SSSR count). The fraction of sp³-hybridized carbons (Fsp3) is 0.176. The molecule has 0 amide bonds. The van der Waals surface area contributed by atoms with Crippen LogP contribution >= 0.6 is 0 Å². The Morgan fingerprint density at radius 2 is 0.926 bits per heavy atom. The minimum Gasteiger partial charge on any atom is -0.386 e. The molecule has 0 aliphatic carbocycles. The van der Waals surface area contributed by atoms with E-state index < -0.39 is 17.6 Å². The van der Waals surface area contributed by atoms with Crippen LogP contribution in [0.4, 0.5) is 0 Å². The molecule has 0 atom stereocenters. The number of rotatable bonds is 6. The van der Waals surface area contributed by atoms with Crippen LogP contribution < -0.4 is 10.4 Å². The van der Waals surface area contributed by atoms with E-state index in [0.29, 0.717) is 19.8 Å². The third-order valence-electron chi connectivity index (χ3n) is 4.31. The van der Waals surface area contributed by atoms with Gasteiger partial charge in [-0.1, -0.05) is 48.5 Å². The molecule has 1 heterocycles. The summed E-state index contributed by atoms with van der Waals surface area (Å²) in [6.07, 6.45) is 3.91. The lowest BCUT2D eigenvalue weighted by atomic mass is 10.2. The Morgan fingerprint density at radius 3 is 1.22 bits per heavy atom. The first kappa shape index (κ1) is 19.7. The first-order valence-electron chi connectivity index (χ1n) is 8.31. The Labute approximate surface area is 158 Å². The van der Waals surface area contributed by atoms with Crippen molar-refractivity contribution in [2.75, 3.05) is 6.67 Å². The van der Waals surface area contributed by atoms with E-state index in [2.05, 4.69) is 9.80 Å². The van der Waals surface area contributed by atoms with Gasteiger partial charge in [0.25, 0.3) is 0 Å². The Kier molecular flexibility index (Phi) is 5.51. The Balaban J connectivity index is 1.54. The first-order valence-corrected chi connectivity index (χ1v) is 12.0. The van der Waals surface area contributed by atoms with E-state index in [1.165, 1.54) is 24.3 Å². The highest BCUT2D eigenvalue weighted by molar-refractivity contribution is 6.71. The second kappa shape index (κ2) is 7.54. The average molecular weight is 407 g/mol. The van der Waals surface area contributed by atoms with Crippen molar-refractivity contribution in [1.82, 2.24) is 9.80 Å². The summed E-state index contributed by atoms with van der Waals surface area (Å²) in [7, 11) is -8.50. The average Bonchev–Trinajstić information content (AvgIpc) is 3.01. The summed E-state index contributed by atoms with van der Waals surface area (Å²) in [5.74, 6) is 0. The molecule has 1 aliphatic heterocycles. The van der Waals surface area contributed by atoms with Gasteiger partial charge in [0, 0.05) is 35.9 Å². The van der Waals surface area contributed by atoms with Crippen LogP contribution in [-0.4, -0.2) is 62.9 Å². The van der Waals surface area contributed by atoms with Crippen molar-refractivity contribution >= 4 is 28.0 Å². The normalized spacial score (nSPS) is 14.9. The Hall–Kier alpha value is -2.03. The van der Waals surface area contributed by atoms with Crippen molar-refractivity contribution < 1.29 is 28.8 Å². The molecule has 6 N–H and O–H groups in total. The summed E-state index contributed by atoms with van der Waals surface area (Å²) in [4.78, 5) is 59.9. The third-order valence-corrected chi connectivity index (χ3v) is 6.52. The van der Waals surface area contributed by atoms with Gasteiger partial charge >= 0.3 is 17.6 Å². The highest BCUT2D eigenvalue weighted by atomic mass is 28.4. The van der Waals surface area contributed by atoms with Crippen LogP contribution in [0.1, 0.15) is 11.1 Å². The molecule has 0 spiro atoms. The van der Waals surface area contributed by atoms with Crippen molar-refractivity contribution in [1.29, 1.82) is 0 Å². The Morgan fingerprint density at radius 1 is 0.593 bits per heavy atom. The first-order chi connectivity index (χ1) is 12.6. The molecule has 0 bridgehead atoms. The number of nitrogens with zero attached hydrogens (tertiary/aromatic N) is 2. The Bertz CT molecular complexity index is 733.